The quantitative estimate of drug-likeness (QED) is 0.880. The van der Waals surface area contributed by atoms with Gasteiger partial charge in [-0.1, -0.05) is 48.5 Å². The van der Waals surface area contributed by atoms with E-state index in [4.69, 9.17) is 4.74 Å². The Morgan fingerprint density at radius 2 is 1.91 bits per heavy atom. The van der Waals surface area contributed by atoms with Gasteiger partial charge in [-0.25, -0.2) is 4.79 Å². The molecule has 1 fully saturated rings. The Hall–Kier alpha value is -2.66. The summed E-state index contributed by atoms with van der Waals surface area (Å²) in [5.41, 5.74) is 0.927. The summed E-state index contributed by atoms with van der Waals surface area (Å²) in [6.07, 6.45) is 0.280. The first kappa shape index (κ1) is 15.2. The van der Waals surface area contributed by atoms with Crippen molar-refractivity contribution >= 4 is 12.4 Å². The number of likely N-dealkylation sites (tertiary alicyclic amines) is 1. The van der Waals surface area contributed by atoms with Gasteiger partial charge >= 0.3 is 6.09 Å². The van der Waals surface area contributed by atoms with Gasteiger partial charge in [-0.15, -0.1) is 0 Å². The van der Waals surface area contributed by atoms with E-state index in [1.54, 1.807) is 24.3 Å². The average Bonchev–Trinajstić information content (AvgIpc) is 2.57. The molecule has 0 atom stereocenters. The number of β-amino-alcohol motifs (C(OH)–C–C–N with tert-alkyl or cyclic N) is 1. The number of hydrogen-bond donors (Lipinski definition) is 1. The first-order chi connectivity index (χ1) is 11.1. The third-order valence-electron chi connectivity index (χ3n) is 3.93. The Balaban J connectivity index is 1.57. The van der Waals surface area contributed by atoms with Crippen LogP contribution in [0.5, 0.6) is 0 Å². The number of amides is 1. The molecule has 1 saturated heterocycles. The molecule has 0 saturated carbocycles. The topological polar surface area (TPSA) is 66.8 Å². The maximum atomic E-state index is 12.0. The van der Waals surface area contributed by atoms with Gasteiger partial charge in [0.2, 0.25) is 0 Å². The smallest absolute Gasteiger partial charge is 0.410 e. The van der Waals surface area contributed by atoms with Gasteiger partial charge in [0.05, 0.1) is 13.1 Å². The molecule has 118 valence electrons. The molecule has 0 aromatic heterocycles. The summed E-state index contributed by atoms with van der Waals surface area (Å²) in [4.78, 5) is 24.2. The van der Waals surface area contributed by atoms with E-state index in [9.17, 15) is 14.7 Å². The lowest BCUT2D eigenvalue weighted by atomic mass is 9.86. The molecule has 1 heterocycles. The van der Waals surface area contributed by atoms with Crippen LogP contribution in [0.1, 0.15) is 21.5 Å². The van der Waals surface area contributed by atoms with Crippen LogP contribution in [0.2, 0.25) is 0 Å². The fourth-order valence-electron chi connectivity index (χ4n) is 2.61. The van der Waals surface area contributed by atoms with Crippen LogP contribution in [0.4, 0.5) is 4.79 Å². The summed E-state index contributed by atoms with van der Waals surface area (Å²) in [6, 6.07) is 16.2. The average molecular weight is 311 g/mol. The molecule has 5 heteroatoms. The van der Waals surface area contributed by atoms with Gasteiger partial charge in [0.25, 0.3) is 0 Å². The van der Waals surface area contributed by atoms with E-state index in [2.05, 4.69) is 0 Å². The molecule has 23 heavy (non-hydrogen) atoms. The van der Waals surface area contributed by atoms with Crippen molar-refractivity contribution in [3.63, 3.8) is 0 Å². The molecule has 1 N–H and O–H groups in total. The number of rotatable bonds is 4. The van der Waals surface area contributed by atoms with Gasteiger partial charge in [0.15, 0.2) is 0 Å². The van der Waals surface area contributed by atoms with Gasteiger partial charge in [0.1, 0.15) is 18.5 Å². The van der Waals surface area contributed by atoms with Crippen molar-refractivity contribution in [2.45, 2.75) is 12.2 Å². The highest BCUT2D eigenvalue weighted by Gasteiger charge is 2.45. The van der Waals surface area contributed by atoms with Gasteiger partial charge < -0.3 is 14.7 Å². The molecule has 3 rings (SSSR count). The summed E-state index contributed by atoms with van der Waals surface area (Å²) >= 11 is 0. The first-order valence-corrected chi connectivity index (χ1v) is 7.34. The van der Waals surface area contributed by atoms with Crippen molar-refractivity contribution in [3.8, 4) is 0 Å². The minimum atomic E-state index is -1.12. The Labute approximate surface area is 134 Å². The molecule has 1 amide bonds. The number of ether oxygens (including phenoxy) is 1. The number of hydrogen-bond acceptors (Lipinski definition) is 4. The maximum absolute atomic E-state index is 12.0. The zero-order chi connectivity index (χ0) is 16.3. The first-order valence-electron chi connectivity index (χ1n) is 7.34. The lowest BCUT2D eigenvalue weighted by molar-refractivity contribution is -0.0949. The fourth-order valence-corrected chi connectivity index (χ4v) is 2.61. The van der Waals surface area contributed by atoms with Crippen molar-refractivity contribution < 1.29 is 19.4 Å². The van der Waals surface area contributed by atoms with Crippen LogP contribution in [0.25, 0.3) is 0 Å². The Morgan fingerprint density at radius 3 is 2.61 bits per heavy atom. The Bertz CT molecular complexity index is 708. The highest BCUT2D eigenvalue weighted by Crippen LogP contribution is 2.32. The molecule has 0 unspecified atom stereocenters. The second-order valence-electron chi connectivity index (χ2n) is 5.67. The number of benzene rings is 2. The van der Waals surface area contributed by atoms with Crippen LogP contribution < -0.4 is 0 Å². The second kappa shape index (κ2) is 6.22. The summed E-state index contributed by atoms with van der Waals surface area (Å²) in [7, 11) is 0. The van der Waals surface area contributed by atoms with Crippen LogP contribution >= 0.6 is 0 Å². The van der Waals surface area contributed by atoms with Crippen LogP contribution in [-0.2, 0) is 16.9 Å². The van der Waals surface area contributed by atoms with E-state index in [0.29, 0.717) is 11.1 Å². The molecule has 5 nitrogen and oxygen atoms in total. The summed E-state index contributed by atoms with van der Waals surface area (Å²) in [5.74, 6) is 0. The lowest BCUT2D eigenvalue weighted by Crippen LogP contribution is -2.61. The van der Waals surface area contributed by atoms with Gasteiger partial charge in [-0.05, 0) is 17.2 Å². The molecular formula is C18H17NO4. The Kier molecular flexibility index (Phi) is 4.12. The number of carbonyl (C=O) groups is 2. The summed E-state index contributed by atoms with van der Waals surface area (Å²) < 4.78 is 5.23. The van der Waals surface area contributed by atoms with Gasteiger partial charge in [-0.3, -0.25) is 4.79 Å². The molecule has 0 bridgehead atoms. The van der Waals surface area contributed by atoms with Crippen LogP contribution in [0.15, 0.2) is 54.6 Å². The van der Waals surface area contributed by atoms with E-state index in [-0.39, 0.29) is 19.7 Å². The normalized spacial score (nSPS) is 15.6. The van der Waals surface area contributed by atoms with E-state index in [0.717, 1.165) is 11.8 Å². The van der Waals surface area contributed by atoms with Crippen LogP contribution in [-0.4, -0.2) is 35.5 Å². The predicted octanol–water partition coefficient (Wildman–Crippen LogP) is 2.34. The van der Waals surface area contributed by atoms with Crippen molar-refractivity contribution in [3.05, 3.63) is 71.3 Å². The largest absolute Gasteiger partial charge is 0.445 e. The molecule has 2 aromatic rings. The van der Waals surface area contributed by atoms with Gasteiger partial charge in [-0.2, -0.15) is 0 Å². The molecule has 2 aromatic carbocycles. The zero-order valence-corrected chi connectivity index (χ0v) is 12.5. The standard InChI is InChI=1S/C18H17NO4/c20-10-15-7-4-8-16(9-15)18(22)12-19(13-18)17(21)23-11-14-5-2-1-3-6-14/h1-10,22H,11-13H2. The predicted molar refractivity (Wildman–Crippen MR) is 83.9 cm³/mol. The Morgan fingerprint density at radius 1 is 1.17 bits per heavy atom. The lowest BCUT2D eigenvalue weighted by Gasteiger charge is -2.45. The number of carbonyl (C=O) groups excluding carboxylic acids is 2. The summed E-state index contributed by atoms with van der Waals surface area (Å²) in [5, 5.41) is 10.5. The number of nitrogens with zero attached hydrogens (tertiary/aromatic N) is 1. The number of aliphatic hydroxyl groups is 1. The SMILES string of the molecule is O=Cc1cccc(C2(O)CN(C(=O)OCc3ccccc3)C2)c1. The van der Waals surface area contributed by atoms with Crippen molar-refractivity contribution in [2.24, 2.45) is 0 Å². The zero-order valence-electron chi connectivity index (χ0n) is 12.5. The maximum Gasteiger partial charge on any atom is 0.410 e. The van der Waals surface area contributed by atoms with Crippen LogP contribution in [0, 0.1) is 0 Å². The van der Waals surface area contributed by atoms with E-state index in [1.165, 1.54) is 4.90 Å². The van der Waals surface area contributed by atoms with Crippen LogP contribution in [0.3, 0.4) is 0 Å². The monoisotopic (exact) mass is 311 g/mol. The van der Waals surface area contributed by atoms with E-state index >= 15 is 0 Å². The molecular weight excluding hydrogens is 294 g/mol. The third kappa shape index (κ3) is 3.24. The summed E-state index contributed by atoms with van der Waals surface area (Å²) in [6.45, 7) is 0.515. The van der Waals surface area contributed by atoms with Crippen molar-refractivity contribution in [2.75, 3.05) is 13.1 Å². The fraction of sp³-hybridized carbons (Fsp3) is 0.222. The van der Waals surface area contributed by atoms with Crippen molar-refractivity contribution in [1.29, 1.82) is 0 Å². The molecule has 0 radical (unpaired) electrons. The van der Waals surface area contributed by atoms with Crippen molar-refractivity contribution in [1.82, 2.24) is 4.90 Å². The highest BCUT2D eigenvalue weighted by atomic mass is 16.6. The molecule has 1 aliphatic heterocycles. The third-order valence-corrected chi connectivity index (χ3v) is 3.93. The minimum absolute atomic E-state index is 0.156. The number of aldehydes is 1. The minimum Gasteiger partial charge on any atom is -0.445 e. The molecule has 1 aliphatic rings. The van der Waals surface area contributed by atoms with E-state index < -0.39 is 11.7 Å². The van der Waals surface area contributed by atoms with E-state index in [1.807, 2.05) is 30.3 Å². The molecule has 0 aliphatic carbocycles. The van der Waals surface area contributed by atoms with Gasteiger partial charge in [0, 0.05) is 5.56 Å². The highest BCUT2D eigenvalue weighted by molar-refractivity contribution is 5.75. The second-order valence-corrected chi connectivity index (χ2v) is 5.67. The molecule has 0 spiro atoms.